The van der Waals surface area contributed by atoms with Crippen LogP contribution in [-0.4, -0.2) is 36.3 Å². The molecule has 0 aliphatic carbocycles. The number of hydrogen-bond donors (Lipinski definition) is 1. The summed E-state index contributed by atoms with van der Waals surface area (Å²) in [6.45, 7) is 2.28. The maximum Gasteiger partial charge on any atom is 0.251 e. The first-order chi connectivity index (χ1) is 9.66. The lowest BCUT2D eigenvalue weighted by Crippen LogP contribution is -2.29. The molecule has 1 N–H and O–H groups in total. The predicted molar refractivity (Wildman–Crippen MR) is 78.8 cm³/mol. The summed E-state index contributed by atoms with van der Waals surface area (Å²) in [4.78, 5) is 25.5. The Morgan fingerprint density at radius 2 is 1.80 bits per heavy atom. The van der Waals surface area contributed by atoms with Crippen LogP contribution in [0.2, 0.25) is 5.02 Å². The first kappa shape index (κ1) is 14.9. The fourth-order valence-corrected chi connectivity index (χ4v) is 2.40. The van der Waals surface area contributed by atoms with Gasteiger partial charge in [-0.3, -0.25) is 9.59 Å². The summed E-state index contributed by atoms with van der Waals surface area (Å²) in [6, 6.07) is 6.75. The van der Waals surface area contributed by atoms with Gasteiger partial charge in [0.2, 0.25) is 5.91 Å². The summed E-state index contributed by atoms with van der Waals surface area (Å²) in [5.41, 5.74) is 0.584. The van der Waals surface area contributed by atoms with E-state index in [0.29, 0.717) is 30.0 Å². The zero-order valence-electron chi connectivity index (χ0n) is 11.4. The highest BCUT2D eigenvalue weighted by molar-refractivity contribution is 6.30. The SMILES string of the molecule is O=C(NCCCC(=O)N1CCCC1)c1ccc(Cl)cc1. The summed E-state index contributed by atoms with van der Waals surface area (Å²) < 4.78 is 0. The second-order valence-corrected chi connectivity index (χ2v) is 5.39. The number of nitrogens with one attached hydrogen (secondary N) is 1. The molecule has 0 unspecified atom stereocenters. The molecule has 4 nitrogen and oxygen atoms in total. The molecule has 1 saturated heterocycles. The second-order valence-electron chi connectivity index (χ2n) is 4.95. The van der Waals surface area contributed by atoms with Crippen molar-refractivity contribution in [2.45, 2.75) is 25.7 Å². The van der Waals surface area contributed by atoms with Crippen molar-refractivity contribution in [1.82, 2.24) is 10.2 Å². The van der Waals surface area contributed by atoms with Crippen LogP contribution < -0.4 is 5.32 Å². The molecule has 0 bridgehead atoms. The van der Waals surface area contributed by atoms with Gasteiger partial charge in [-0.05, 0) is 43.5 Å². The summed E-state index contributed by atoms with van der Waals surface area (Å²) in [5.74, 6) is 0.0681. The molecule has 1 aromatic carbocycles. The van der Waals surface area contributed by atoms with Crippen LogP contribution >= 0.6 is 11.6 Å². The zero-order valence-corrected chi connectivity index (χ0v) is 12.2. The number of carbonyl (C=O) groups is 2. The van der Waals surface area contributed by atoms with Crippen LogP contribution in [0.3, 0.4) is 0 Å². The Morgan fingerprint density at radius 1 is 1.15 bits per heavy atom. The van der Waals surface area contributed by atoms with Gasteiger partial charge in [-0.15, -0.1) is 0 Å². The normalized spacial score (nSPS) is 14.3. The fourth-order valence-electron chi connectivity index (χ4n) is 2.27. The average Bonchev–Trinajstić information content (AvgIpc) is 2.98. The minimum Gasteiger partial charge on any atom is -0.352 e. The Kier molecular flexibility index (Phi) is 5.41. The summed E-state index contributed by atoms with van der Waals surface area (Å²) >= 11 is 5.77. The number of hydrogen-bond acceptors (Lipinski definition) is 2. The highest BCUT2D eigenvalue weighted by atomic mass is 35.5. The van der Waals surface area contributed by atoms with Crippen molar-refractivity contribution in [3.05, 3.63) is 34.9 Å². The first-order valence-corrected chi connectivity index (χ1v) is 7.36. The minimum atomic E-state index is -0.129. The van der Waals surface area contributed by atoms with Crippen LogP contribution in [0.1, 0.15) is 36.0 Å². The molecule has 0 radical (unpaired) electrons. The van der Waals surface area contributed by atoms with Gasteiger partial charge in [-0.25, -0.2) is 0 Å². The summed E-state index contributed by atoms with van der Waals surface area (Å²) in [7, 11) is 0. The van der Waals surface area contributed by atoms with E-state index in [1.54, 1.807) is 24.3 Å². The maximum atomic E-state index is 11.8. The van der Waals surface area contributed by atoms with Crippen molar-refractivity contribution in [2.75, 3.05) is 19.6 Å². The van der Waals surface area contributed by atoms with Gasteiger partial charge in [0, 0.05) is 36.6 Å². The lowest BCUT2D eigenvalue weighted by atomic mass is 10.2. The Labute approximate surface area is 124 Å². The molecular weight excluding hydrogens is 276 g/mol. The molecule has 0 atom stereocenters. The quantitative estimate of drug-likeness (QED) is 0.848. The lowest BCUT2D eigenvalue weighted by molar-refractivity contribution is -0.130. The number of likely N-dealkylation sites (tertiary alicyclic amines) is 1. The van der Waals surface area contributed by atoms with Gasteiger partial charge >= 0.3 is 0 Å². The zero-order chi connectivity index (χ0) is 14.4. The second kappa shape index (κ2) is 7.29. The molecule has 108 valence electrons. The molecule has 1 aromatic rings. The van der Waals surface area contributed by atoms with Crippen molar-refractivity contribution in [3.8, 4) is 0 Å². The van der Waals surface area contributed by atoms with Gasteiger partial charge < -0.3 is 10.2 Å². The Balaban J connectivity index is 1.66. The van der Waals surface area contributed by atoms with Crippen molar-refractivity contribution in [1.29, 1.82) is 0 Å². The van der Waals surface area contributed by atoms with Crippen molar-refractivity contribution < 1.29 is 9.59 Å². The van der Waals surface area contributed by atoms with E-state index in [1.165, 1.54) is 0 Å². The molecule has 0 spiro atoms. The molecule has 1 aliphatic heterocycles. The number of amides is 2. The van der Waals surface area contributed by atoms with Crippen molar-refractivity contribution in [3.63, 3.8) is 0 Å². The topological polar surface area (TPSA) is 49.4 Å². The van der Waals surface area contributed by atoms with Crippen molar-refractivity contribution in [2.24, 2.45) is 0 Å². The van der Waals surface area contributed by atoms with E-state index < -0.39 is 0 Å². The first-order valence-electron chi connectivity index (χ1n) is 6.98. The number of carbonyl (C=O) groups excluding carboxylic acids is 2. The van der Waals surface area contributed by atoms with Gasteiger partial charge in [0.05, 0.1) is 0 Å². The van der Waals surface area contributed by atoms with E-state index in [4.69, 9.17) is 11.6 Å². The molecule has 0 saturated carbocycles. The van der Waals surface area contributed by atoms with Crippen LogP contribution in [0.5, 0.6) is 0 Å². The molecule has 2 amide bonds. The summed E-state index contributed by atoms with van der Waals surface area (Å²) in [6.07, 6.45) is 3.40. The van der Waals surface area contributed by atoms with Gasteiger partial charge in [-0.2, -0.15) is 0 Å². The fraction of sp³-hybridized carbons (Fsp3) is 0.467. The van der Waals surface area contributed by atoms with E-state index in [9.17, 15) is 9.59 Å². The standard InChI is InChI=1S/C15H19ClN2O2/c16-13-7-5-12(6-8-13)15(20)17-9-3-4-14(19)18-10-1-2-11-18/h5-8H,1-4,9-11H2,(H,17,20). The van der Waals surface area contributed by atoms with Crippen LogP contribution in [0, 0.1) is 0 Å². The molecular formula is C15H19ClN2O2. The molecule has 5 heteroatoms. The highest BCUT2D eigenvalue weighted by Crippen LogP contribution is 2.10. The molecule has 1 aliphatic rings. The number of nitrogens with zero attached hydrogens (tertiary/aromatic N) is 1. The Bertz CT molecular complexity index is 467. The van der Waals surface area contributed by atoms with E-state index in [-0.39, 0.29) is 11.8 Å². The monoisotopic (exact) mass is 294 g/mol. The number of halogens is 1. The molecule has 20 heavy (non-hydrogen) atoms. The predicted octanol–water partition coefficient (Wildman–Crippen LogP) is 2.47. The number of benzene rings is 1. The molecule has 1 heterocycles. The van der Waals surface area contributed by atoms with Crippen LogP contribution in [-0.2, 0) is 4.79 Å². The van der Waals surface area contributed by atoms with Gasteiger partial charge in [0.15, 0.2) is 0 Å². The summed E-state index contributed by atoms with van der Waals surface area (Å²) in [5, 5.41) is 3.42. The van der Waals surface area contributed by atoms with Gasteiger partial charge in [0.1, 0.15) is 0 Å². The lowest BCUT2D eigenvalue weighted by Gasteiger charge is -2.14. The smallest absolute Gasteiger partial charge is 0.251 e. The van der Waals surface area contributed by atoms with Crippen molar-refractivity contribution >= 4 is 23.4 Å². The Hall–Kier alpha value is -1.55. The molecule has 1 fully saturated rings. The number of rotatable bonds is 5. The third-order valence-electron chi connectivity index (χ3n) is 3.42. The van der Waals surface area contributed by atoms with E-state index >= 15 is 0 Å². The molecule has 0 aromatic heterocycles. The van der Waals surface area contributed by atoms with E-state index in [1.807, 2.05) is 4.90 Å². The largest absolute Gasteiger partial charge is 0.352 e. The third kappa shape index (κ3) is 4.23. The minimum absolute atomic E-state index is 0.129. The third-order valence-corrected chi connectivity index (χ3v) is 3.67. The molecule has 2 rings (SSSR count). The highest BCUT2D eigenvalue weighted by Gasteiger charge is 2.17. The van der Waals surface area contributed by atoms with E-state index in [2.05, 4.69) is 5.32 Å². The maximum absolute atomic E-state index is 11.8. The van der Waals surface area contributed by atoms with Crippen LogP contribution in [0.25, 0.3) is 0 Å². The van der Waals surface area contributed by atoms with E-state index in [0.717, 1.165) is 25.9 Å². The van der Waals surface area contributed by atoms with Crippen LogP contribution in [0.15, 0.2) is 24.3 Å². The average molecular weight is 295 g/mol. The van der Waals surface area contributed by atoms with Crippen LogP contribution in [0.4, 0.5) is 0 Å². The van der Waals surface area contributed by atoms with Gasteiger partial charge in [-0.1, -0.05) is 11.6 Å². The Morgan fingerprint density at radius 3 is 2.45 bits per heavy atom. The van der Waals surface area contributed by atoms with Gasteiger partial charge in [0.25, 0.3) is 5.91 Å².